The molecule has 1 saturated heterocycles. The van der Waals surface area contributed by atoms with Crippen LogP contribution in [0.3, 0.4) is 0 Å². The number of Topliss-reactive ketones (excluding diaryl/α,β-unsaturated/α-hetero) is 1. The number of carbonyl (C=O) groups excluding carboxylic acids is 2. The third kappa shape index (κ3) is 5.15. The predicted octanol–water partition coefficient (Wildman–Crippen LogP) is 6.13. The van der Waals surface area contributed by atoms with Crippen LogP contribution < -0.4 is 4.74 Å². The number of ketones is 1. The van der Waals surface area contributed by atoms with E-state index in [9.17, 15) is 14.7 Å². The first-order chi connectivity index (χ1) is 17.5. The Kier molecular flexibility index (Phi) is 7.21. The number of aromatic nitrogens is 1. The molecule has 1 fully saturated rings. The van der Waals surface area contributed by atoms with Gasteiger partial charge in [-0.2, -0.15) is 0 Å². The lowest BCUT2D eigenvalue weighted by molar-refractivity contribution is -0.140. The van der Waals surface area contributed by atoms with Crippen LogP contribution in [0.15, 0.2) is 72.4 Å². The number of benzene rings is 2. The van der Waals surface area contributed by atoms with Crippen LogP contribution in [-0.2, 0) is 21.5 Å². The van der Waals surface area contributed by atoms with Crippen molar-refractivity contribution >= 4 is 17.4 Å². The third-order valence-corrected chi connectivity index (χ3v) is 6.84. The smallest absolute Gasteiger partial charge is 0.296 e. The fourth-order valence-corrected chi connectivity index (χ4v) is 4.62. The van der Waals surface area contributed by atoms with Crippen molar-refractivity contribution < 1.29 is 19.4 Å². The number of likely N-dealkylation sites (tertiary alicyclic amines) is 1. The van der Waals surface area contributed by atoms with E-state index < -0.39 is 17.7 Å². The highest BCUT2D eigenvalue weighted by molar-refractivity contribution is 6.46. The quantitative estimate of drug-likeness (QED) is 0.251. The third-order valence-electron chi connectivity index (χ3n) is 6.84. The lowest BCUT2D eigenvalue weighted by Crippen LogP contribution is -2.29. The second-order valence-corrected chi connectivity index (χ2v) is 10.7. The van der Waals surface area contributed by atoms with E-state index in [1.165, 1.54) is 12.0 Å². The van der Waals surface area contributed by atoms with E-state index in [2.05, 4.69) is 39.6 Å². The van der Waals surface area contributed by atoms with Crippen LogP contribution >= 0.6 is 0 Å². The monoisotopic (exact) mass is 498 g/mol. The molecule has 0 radical (unpaired) electrons. The maximum atomic E-state index is 13.5. The maximum Gasteiger partial charge on any atom is 0.296 e. The van der Waals surface area contributed by atoms with E-state index >= 15 is 0 Å². The Morgan fingerprint density at radius 3 is 2.32 bits per heavy atom. The average Bonchev–Trinajstić information content (AvgIpc) is 3.13. The predicted molar refractivity (Wildman–Crippen MR) is 144 cm³/mol. The molecule has 0 bridgehead atoms. The summed E-state index contributed by atoms with van der Waals surface area (Å²) >= 11 is 0. The summed E-state index contributed by atoms with van der Waals surface area (Å²) in [6, 6.07) is 18.1. The number of aliphatic hydroxyl groups excluding tert-OH is 1. The molecule has 1 amide bonds. The van der Waals surface area contributed by atoms with E-state index in [1.807, 2.05) is 48.5 Å². The number of methoxy groups -OCH3 is 1. The van der Waals surface area contributed by atoms with E-state index in [-0.39, 0.29) is 23.3 Å². The van der Waals surface area contributed by atoms with Gasteiger partial charge in [0, 0.05) is 6.20 Å². The Bertz CT molecular complexity index is 1340. The number of nitrogens with zero attached hydrogens (tertiary/aromatic N) is 2. The van der Waals surface area contributed by atoms with Gasteiger partial charge in [-0.1, -0.05) is 71.0 Å². The molecule has 192 valence electrons. The van der Waals surface area contributed by atoms with Gasteiger partial charge in [0.2, 0.25) is 0 Å². The molecule has 2 aromatic carbocycles. The first-order valence-corrected chi connectivity index (χ1v) is 12.5. The highest BCUT2D eigenvalue weighted by Gasteiger charge is 2.46. The summed E-state index contributed by atoms with van der Waals surface area (Å²) in [5.74, 6) is -0.887. The van der Waals surface area contributed by atoms with E-state index in [4.69, 9.17) is 4.74 Å². The van der Waals surface area contributed by atoms with Gasteiger partial charge < -0.3 is 14.7 Å². The fraction of sp³-hybridized carbons (Fsp3) is 0.323. The van der Waals surface area contributed by atoms with Crippen LogP contribution in [-0.4, -0.2) is 33.8 Å². The number of hydrogen-bond acceptors (Lipinski definition) is 5. The number of rotatable bonds is 6. The molecule has 1 aliphatic heterocycles. The van der Waals surface area contributed by atoms with Crippen molar-refractivity contribution in [2.45, 2.75) is 58.5 Å². The number of hydrogen-bond donors (Lipinski definition) is 1. The summed E-state index contributed by atoms with van der Waals surface area (Å²) < 4.78 is 5.55. The molecule has 1 atom stereocenters. The van der Waals surface area contributed by atoms with Crippen LogP contribution in [0.2, 0.25) is 0 Å². The topological polar surface area (TPSA) is 79.7 Å². The summed E-state index contributed by atoms with van der Waals surface area (Å²) in [6.45, 7) is 10.6. The van der Waals surface area contributed by atoms with Crippen LogP contribution in [0.4, 0.5) is 0 Å². The molecule has 2 heterocycles. The first kappa shape index (κ1) is 26.1. The number of ether oxygens (including phenoxy) is 1. The molecule has 6 nitrogen and oxygen atoms in total. The molecule has 6 heteroatoms. The zero-order valence-electron chi connectivity index (χ0n) is 22.3. The highest BCUT2D eigenvalue weighted by Crippen LogP contribution is 2.42. The van der Waals surface area contributed by atoms with Gasteiger partial charge in [0.05, 0.1) is 36.5 Å². The standard InChI is InChI=1S/C31H34N2O4/c1-19(2)20-10-12-21(13-11-20)27-26(29(35)30(36)33(27)18-23-9-7-8-16-32-23)28(34)24-17-22(31(3,4)5)14-15-25(24)37-6/h7-17,19,27,34H,18H2,1-6H3/b28-26+. The van der Waals surface area contributed by atoms with Gasteiger partial charge >= 0.3 is 0 Å². The van der Waals surface area contributed by atoms with Crippen molar-refractivity contribution in [1.82, 2.24) is 9.88 Å². The van der Waals surface area contributed by atoms with Crippen LogP contribution in [0.5, 0.6) is 5.75 Å². The Morgan fingerprint density at radius 2 is 1.76 bits per heavy atom. The van der Waals surface area contributed by atoms with Crippen LogP contribution in [0.1, 0.15) is 74.5 Å². The zero-order valence-corrected chi connectivity index (χ0v) is 22.3. The molecule has 0 saturated carbocycles. The van der Waals surface area contributed by atoms with Gasteiger partial charge in [-0.3, -0.25) is 14.6 Å². The second-order valence-electron chi connectivity index (χ2n) is 10.7. The van der Waals surface area contributed by atoms with Crippen molar-refractivity contribution in [3.05, 3.63) is 100 Å². The van der Waals surface area contributed by atoms with Crippen molar-refractivity contribution in [1.29, 1.82) is 0 Å². The SMILES string of the molecule is COc1ccc(C(C)(C)C)cc1/C(O)=C1\C(=O)C(=O)N(Cc2ccccn2)C1c1ccc(C(C)C)cc1. The molecule has 3 aromatic rings. The van der Waals surface area contributed by atoms with E-state index in [0.29, 0.717) is 22.9 Å². The van der Waals surface area contributed by atoms with Crippen molar-refractivity contribution in [2.75, 3.05) is 7.11 Å². The van der Waals surface area contributed by atoms with Gasteiger partial charge in [-0.15, -0.1) is 0 Å². The van der Waals surface area contributed by atoms with Gasteiger partial charge in [0.15, 0.2) is 0 Å². The molecule has 37 heavy (non-hydrogen) atoms. The van der Waals surface area contributed by atoms with Crippen LogP contribution in [0.25, 0.3) is 5.76 Å². The minimum atomic E-state index is -0.772. The van der Waals surface area contributed by atoms with Crippen molar-refractivity contribution in [3.8, 4) is 5.75 Å². The largest absolute Gasteiger partial charge is 0.507 e. The molecule has 0 aliphatic carbocycles. The van der Waals surface area contributed by atoms with Gasteiger partial charge in [0.1, 0.15) is 11.5 Å². The fourth-order valence-electron chi connectivity index (χ4n) is 4.62. The zero-order chi connectivity index (χ0) is 26.9. The van der Waals surface area contributed by atoms with E-state index in [1.54, 1.807) is 18.3 Å². The molecule has 1 aliphatic rings. The summed E-state index contributed by atoms with van der Waals surface area (Å²) in [5.41, 5.74) is 3.74. The molecular weight excluding hydrogens is 464 g/mol. The highest BCUT2D eigenvalue weighted by atomic mass is 16.5. The summed E-state index contributed by atoms with van der Waals surface area (Å²) in [6.07, 6.45) is 1.65. The first-order valence-electron chi connectivity index (χ1n) is 12.5. The van der Waals surface area contributed by atoms with Gasteiger partial charge in [0.25, 0.3) is 11.7 Å². The molecule has 4 rings (SSSR count). The normalized spacial score (nSPS) is 17.5. The van der Waals surface area contributed by atoms with Gasteiger partial charge in [-0.05, 0) is 52.3 Å². The molecule has 1 aromatic heterocycles. The van der Waals surface area contributed by atoms with Crippen molar-refractivity contribution in [2.24, 2.45) is 0 Å². The maximum absolute atomic E-state index is 13.5. The second kappa shape index (κ2) is 10.2. The lowest BCUT2D eigenvalue weighted by Gasteiger charge is -2.26. The summed E-state index contributed by atoms with van der Waals surface area (Å²) in [5, 5.41) is 11.7. The Hall–Kier alpha value is -3.93. The number of carbonyl (C=O) groups is 2. The number of pyridine rings is 1. The summed E-state index contributed by atoms with van der Waals surface area (Å²) in [4.78, 5) is 32.7. The van der Waals surface area contributed by atoms with Crippen molar-refractivity contribution in [3.63, 3.8) is 0 Å². The lowest BCUT2D eigenvalue weighted by atomic mass is 9.85. The Labute approximate surface area is 218 Å². The number of aliphatic hydroxyl groups is 1. The minimum absolute atomic E-state index is 0.0441. The minimum Gasteiger partial charge on any atom is -0.507 e. The molecular formula is C31H34N2O4. The number of amides is 1. The van der Waals surface area contributed by atoms with E-state index in [0.717, 1.165) is 16.7 Å². The van der Waals surface area contributed by atoms with Crippen LogP contribution in [0, 0.1) is 0 Å². The van der Waals surface area contributed by atoms with Gasteiger partial charge in [-0.25, -0.2) is 0 Å². The Balaban J connectivity index is 1.92. The Morgan fingerprint density at radius 1 is 1.05 bits per heavy atom. The molecule has 1 N–H and O–H groups in total. The molecule has 0 spiro atoms. The summed E-state index contributed by atoms with van der Waals surface area (Å²) in [7, 11) is 1.52. The average molecular weight is 499 g/mol. The molecule has 1 unspecified atom stereocenters.